The van der Waals surface area contributed by atoms with Crippen LogP contribution >= 0.6 is 24.0 Å². The summed E-state index contributed by atoms with van der Waals surface area (Å²) in [7, 11) is 1.55. The van der Waals surface area contributed by atoms with Gasteiger partial charge in [-0.05, 0) is 17.9 Å². The van der Waals surface area contributed by atoms with Gasteiger partial charge < -0.3 is 10.6 Å². The average molecular weight is 429 g/mol. The van der Waals surface area contributed by atoms with Crippen molar-refractivity contribution < 1.29 is 13.2 Å². The quantitative estimate of drug-likeness (QED) is 0.409. The number of rotatable bonds is 6. The first-order valence-electron chi connectivity index (χ1n) is 6.98. The van der Waals surface area contributed by atoms with Gasteiger partial charge in [0.2, 0.25) is 0 Å². The molecule has 1 unspecified atom stereocenters. The predicted molar refractivity (Wildman–Crippen MR) is 94.9 cm³/mol. The van der Waals surface area contributed by atoms with Crippen LogP contribution in [0.15, 0.2) is 35.3 Å². The highest BCUT2D eigenvalue weighted by molar-refractivity contribution is 14.0. The summed E-state index contributed by atoms with van der Waals surface area (Å²) in [5.41, 5.74) is 1.25. The largest absolute Gasteiger partial charge is 0.390 e. The zero-order chi connectivity index (χ0) is 15.7. The minimum atomic E-state index is -4.15. The third kappa shape index (κ3) is 9.11. The van der Waals surface area contributed by atoms with Crippen molar-refractivity contribution in [3.8, 4) is 0 Å². The van der Waals surface area contributed by atoms with E-state index in [1.807, 2.05) is 18.2 Å². The first kappa shape index (κ1) is 21.0. The maximum atomic E-state index is 12.1. The Morgan fingerprint density at radius 3 is 2.27 bits per heavy atom. The van der Waals surface area contributed by atoms with E-state index in [9.17, 15) is 13.2 Å². The molecule has 0 aliphatic carbocycles. The Morgan fingerprint density at radius 1 is 1.14 bits per heavy atom. The molecule has 0 aliphatic heterocycles. The molecule has 1 aromatic carbocycles. The number of halogens is 4. The Labute approximate surface area is 146 Å². The number of alkyl halides is 3. The molecule has 0 spiro atoms. The minimum Gasteiger partial charge on any atom is -0.356 e. The Morgan fingerprint density at radius 2 is 1.73 bits per heavy atom. The molecular weight excluding hydrogens is 406 g/mol. The van der Waals surface area contributed by atoms with Crippen LogP contribution in [0.5, 0.6) is 0 Å². The van der Waals surface area contributed by atoms with Crippen molar-refractivity contribution in [3.05, 3.63) is 35.9 Å². The molecule has 0 heterocycles. The second kappa shape index (κ2) is 10.7. The summed E-state index contributed by atoms with van der Waals surface area (Å²) >= 11 is 0. The smallest absolute Gasteiger partial charge is 0.356 e. The van der Waals surface area contributed by atoms with Crippen molar-refractivity contribution in [2.45, 2.75) is 31.9 Å². The highest BCUT2D eigenvalue weighted by Crippen LogP contribution is 2.18. The molecule has 0 bridgehead atoms. The molecule has 0 amide bonds. The molecule has 7 heteroatoms. The number of benzene rings is 1. The van der Waals surface area contributed by atoms with E-state index >= 15 is 0 Å². The fourth-order valence-corrected chi connectivity index (χ4v) is 1.90. The first-order valence-corrected chi connectivity index (χ1v) is 6.98. The van der Waals surface area contributed by atoms with Crippen LogP contribution in [0, 0.1) is 0 Å². The maximum absolute atomic E-state index is 12.1. The van der Waals surface area contributed by atoms with Crippen LogP contribution in [0.1, 0.15) is 31.2 Å². The highest BCUT2D eigenvalue weighted by atomic mass is 127. The first-order chi connectivity index (χ1) is 9.92. The third-order valence-corrected chi connectivity index (χ3v) is 3.16. The molecule has 1 atom stereocenters. The second-order valence-corrected chi connectivity index (χ2v) is 4.89. The van der Waals surface area contributed by atoms with E-state index in [4.69, 9.17) is 0 Å². The molecule has 0 aliphatic rings. The SMILES string of the molecule is CN=C(NCCC(C)c1ccccc1)NCCC(F)(F)F.I. The monoisotopic (exact) mass is 429 g/mol. The molecule has 0 saturated carbocycles. The van der Waals surface area contributed by atoms with Gasteiger partial charge in [0.1, 0.15) is 0 Å². The van der Waals surface area contributed by atoms with Crippen LogP contribution in [0.2, 0.25) is 0 Å². The van der Waals surface area contributed by atoms with E-state index in [2.05, 4.69) is 34.7 Å². The topological polar surface area (TPSA) is 36.4 Å². The van der Waals surface area contributed by atoms with E-state index in [1.54, 1.807) is 7.05 Å². The third-order valence-electron chi connectivity index (χ3n) is 3.16. The van der Waals surface area contributed by atoms with Gasteiger partial charge in [-0.25, -0.2) is 0 Å². The standard InChI is InChI=1S/C15H22F3N3.HI/c1-12(13-6-4-3-5-7-13)8-10-20-14(19-2)21-11-9-15(16,17)18;/h3-7,12H,8-11H2,1-2H3,(H2,19,20,21);1H. The lowest BCUT2D eigenvalue weighted by Crippen LogP contribution is -2.39. The normalized spacial score (nSPS) is 13.2. The number of nitrogens with zero attached hydrogens (tertiary/aromatic N) is 1. The van der Waals surface area contributed by atoms with Gasteiger partial charge >= 0.3 is 6.18 Å². The Kier molecular flexibility index (Phi) is 10.2. The molecule has 2 N–H and O–H groups in total. The summed E-state index contributed by atoms with van der Waals surface area (Å²) in [6, 6.07) is 10.1. The van der Waals surface area contributed by atoms with Crippen LogP contribution < -0.4 is 10.6 Å². The van der Waals surface area contributed by atoms with Gasteiger partial charge in [-0.3, -0.25) is 4.99 Å². The van der Waals surface area contributed by atoms with Crippen LogP contribution in [0.3, 0.4) is 0 Å². The van der Waals surface area contributed by atoms with Crippen LogP contribution in [0.25, 0.3) is 0 Å². The summed E-state index contributed by atoms with van der Waals surface area (Å²) in [5.74, 6) is 0.784. The molecule has 0 fully saturated rings. The minimum absolute atomic E-state index is 0. The predicted octanol–water partition coefficient (Wildman–Crippen LogP) is 3.92. The van der Waals surface area contributed by atoms with Crippen molar-refractivity contribution in [2.75, 3.05) is 20.1 Å². The average Bonchev–Trinajstić information content (AvgIpc) is 2.45. The van der Waals surface area contributed by atoms with Crippen LogP contribution in [-0.2, 0) is 0 Å². The van der Waals surface area contributed by atoms with Crippen molar-refractivity contribution in [3.63, 3.8) is 0 Å². The number of guanidine groups is 1. The van der Waals surface area contributed by atoms with Crippen LogP contribution in [0.4, 0.5) is 13.2 Å². The van der Waals surface area contributed by atoms with Crippen molar-refractivity contribution in [1.29, 1.82) is 0 Å². The van der Waals surface area contributed by atoms with Gasteiger partial charge in [0.15, 0.2) is 5.96 Å². The summed E-state index contributed by atoms with van der Waals surface area (Å²) < 4.78 is 36.2. The zero-order valence-electron chi connectivity index (χ0n) is 12.8. The van der Waals surface area contributed by atoms with Crippen LogP contribution in [-0.4, -0.2) is 32.3 Å². The molecule has 1 aromatic rings. The second-order valence-electron chi connectivity index (χ2n) is 4.89. The summed E-state index contributed by atoms with van der Waals surface area (Å²) in [6.07, 6.45) is -4.13. The molecule has 3 nitrogen and oxygen atoms in total. The van der Waals surface area contributed by atoms with E-state index in [1.165, 1.54) is 5.56 Å². The molecule has 0 aromatic heterocycles. The maximum Gasteiger partial charge on any atom is 0.390 e. The molecule has 1 rings (SSSR count). The molecule has 126 valence electrons. The lowest BCUT2D eigenvalue weighted by Gasteiger charge is -2.15. The van der Waals surface area contributed by atoms with Gasteiger partial charge in [-0.1, -0.05) is 37.3 Å². The molecular formula is C15H23F3IN3. The fraction of sp³-hybridized carbons (Fsp3) is 0.533. The van der Waals surface area contributed by atoms with Gasteiger partial charge in [-0.15, -0.1) is 24.0 Å². The van der Waals surface area contributed by atoms with Crippen molar-refractivity contribution >= 4 is 29.9 Å². The van der Waals surface area contributed by atoms with E-state index < -0.39 is 12.6 Å². The summed E-state index contributed by atoms with van der Waals surface area (Å²) in [5, 5.41) is 5.69. The van der Waals surface area contributed by atoms with Gasteiger partial charge in [0.05, 0.1) is 6.42 Å². The Bertz CT molecular complexity index is 435. The zero-order valence-corrected chi connectivity index (χ0v) is 15.1. The molecule has 0 radical (unpaired) electrons. The molecule has 0 saturated heterocycles. The number of nitrogens with one attached hydrogen (secondary N) is 2. The van der Waals surface area contributed by atoms with Crippen molar-refractivity contribution in [1.82, 2.24) is 10.6 Å². The van der Waals surface area contributed by atoms with E-state index in [0.717, 1.165) is 6.42 Å². The highest BCUT2D eigenvalue weighted by Gasteiger charge is 2.26. The fourth-order valence-electron chi connectivity index (χ4n) is 1.90. The lowest BCUT2D eigenvalue weighted by molar-refractivity contribution is -0.132. The van der Waals surface area contributed by atoms with Gasteiger partial charge in [0.25, 0.3) is 0 Å². The summed E-state index contributed by atoms with van der Waals surface area (Å²) in [6.45, 7) is 2.61. The van der Waals surface area contributed by atoms with E-state index in [0.29, 0.717) is 18.4 Å². The van der Waals surface area contributed by atoms with Crippen molar-refractivity contribution in [2.24, 2.45) is 4.99 Å². The number of hydrogen-bond acceptors (Lipinski definition) is 1. The van der Waals surface area contributed by atoms with Gasteiger partial charge in [0, 0.05) is 20.1 Å². The lowest BCUT2D eigenvalue weighted by atomic mass is 9.98. The molecule has 22 heavy (non-hydrogen) atoms. The number of hydrogen-bond donors (Lipinski definition) is 2. The Hall–Kier alpha value is -0.990. The number of aliphatic imine (C=N–C) groups is 1. The van der Waals surface area contributed by atoms with E-state index in [-0.39, 0.29) is 30.5 Å². The van der Waals surface area contributed by atoms with Gasteiger partial charge in [-0.2, -0.15) is 13.2 Å². The Balaban J connectivity index is 0.00000441. The summed E-state index contributed by atoms with van der Waals surface area (Å²) in [4.78, 5) is 3.90.